The number of amides is 12. The fourth-order valence-electron chi connectivity index (χ4n) is 12.4. The highest BCUT2D eigenvalue weighted by Gasteiger charge is 2.44. The van der Waals surface area contributed by atoms with Crippen LogP contribution in [0.1, 0.15) is 169 Å². The number of hydrogen-bond acceptors (Lipinski definition) is 18. The molecule has 1 aliphatic heterocycles. The van der Waals surface area contributed by atoms with Crippen molar-refractivity contribution in [3.63, 3.8) is 0 Å². The zero-order valence-electron chi connectivity index (χ0n) is 63.5. The molecule has 2 aromatic carbocycles. The molecule has 4 aromatic rings. The lowest BCUT2D eigenvalue weighted by Crippen LogP contribution is -2.62. The van der Waals surface area contributed by atoms with Crippen molar-refractivity contribution in [2.75, 3.05) is 46.2 Å². The number of rotatable bonds is 41. The van der Waals surface area contributed by atoms with E-state index in [1.165, 1.54) is 49.7 Å². The lowest BCUT2D eigenvalue weighted by molar-refractivity contribution is -0.148. The number of likely N-dealkylation sites (tertiary alicyclic amines) is 1. The third kappa shape index (κ3) is 28.0. The summed E-state index contributed by atoms with van der Waals surface area (Å²) in [5, 5.41) is 27.5. The minimum Gasteiger partial charge on any atom is -0.445 e. The van der Waals surface area contributed by atoms with Crippen LogP contribution in [0.2, 0.25) is 0 Å². The van der Waals surface area contributed by atoms with Gasteiger partial charge in [0.1, 0.15) is 46.9 Å². The van der Waals surface area contributed by atoms with Crippen molar-refractivity contribution in [3.05, 3.63) is 101 Å². The second kappa shape index (κ2) is 42.1. The predicted octanol–water partition coefficient (Wildman–Crippen LogP) is 6.47. The number of ether oxygens (including phenoxy) is 4. The molecule has 0 unspecified atom stereocenters. The number of nitrogens with two attached hydrogens (primary N) is 1. The van der Waals surface area contributed by atoms with E-state index in [0.29, 0.717) is 62.0 Å². The van der Waals surface area contributed by atoms with Gasteiger partial charge in [-0.25, -0.2) is 24.4 Å². The molecule has 12 N–H and O–H groups in total. The number of unbranched alkanes of at least 4 members (excludes halogenated alkanes) is 1. The van der Waals surface area contributed by atoms with Crippen LogP contribution in [0.3, 0.4) is 0 Å². The Kier molecular flexibility index (Phi) is 34.6. The van der Waals surface area contributed by atoms with E-state index in [1.54, 1.807) is 98.0 Å². The molecular weight excluding hydrogens is 1370 g/mol. The Morgan fingerprint density at radius 3 is 2.01 bits per heavy atom. The van der Waals surface area contributed by atoms with Crippen molar-refractivity contribution >= 4 is 82.5 Å². The number of alkyl carbamates (subject to hydrolysis) is 2. The monoisotopic (exact) mass is 1480 g/mol. The predicted molar refractivity (Wildman–Crippen MR) is 396 cm³/mol. The number of imidazole rings is 1. The zero-order valence-corrected chi connectivity index (χ0v) is 64.3. The number of aromatic amines is 1. The molecule has 1 aliphatic rings. The Balaban J connectivity index is 1.18. The minimum absolute atomic E-state index is 0.0211. The average molecular weight is 1480 g/mol. The Bertz CT molecular complexity index is 3450. The van der Waals surface area contributed by atoms with E-state index in [9.17, 15) is 52.7 Å². The molecule has 12 amide bonds. The number of H-pyrrole nitrogens is 1. The molecule has 3 heterocycles. The topological polar surface area (TPSA) is 407 Å². The van der Waals surface area contributed by atoms with E-state index in [2.05, 4.69) is 62.8 Å². The van der Waals surface area contributed by atoms with Crippen molar-refractivity contribution in [1.82, 2.24) is 67.3 Å². The molecule has 0 aliphatic carbocycles. The first-order valence-electron chi connectivity index (χ1n) is 36.1. The minimum atomic E-state index is -1.61. The van der Waals surface area contributed by atoms with Crippen LogP contribution in [-0.4, -0.2) is 191 Å². The maximum atomic E-state index is 14.8. The molecule has 31 heteroatoms. The maximum absolute atomic E-state index is 14.8. The van der Waals surface area contributed by atoms with Crippen LogP contribution >= 0.6 is 11.3 Å². The van der Waals surface area contributed by atoms with Gasteiger partial charge in [0.15, 0.2) is 0 Å². The molecule has 0 radical (unpaired) electrons. The largest absolute Gasteiger partial charge is 0.445 e. The summed E-state index contributed by atoms with van der Waals surface area (Å²) in [6, 6.07) is 9.32. The number of likely N-dealkylation sites (N-methyl/N-ethyl adjacent to an activating group) is 1. The van der Waals surface area contributed by atoms with Gasteiger partial charge in [0.05, 0.1) is 55.4 Å². The van der Waals surface area contributed by atoms with E-state index in [0.717, 1.165) is 10.6 Å². The summed E-state index contributed by atoms with van der Waals surface area (Å²) in [5.74, 6) is -5.85. The number of nitrogens with one attached hydrogen (secondary N) is 10. The molecule has 0 spiro atoms. The highest BCUT2D eigenvalue weighted by Crippen LogP contribution is 2.31. The van der Waals surface area contributed by atoms with E-state index in [4.69, 9.17) is 24.7 Å². The summed E-state index contributed by atoms with van der Waals surface area (Å²) in [6.07, 6.45) is 5.07. The van der Waals surface area contributed by atoms with E-state index < -0.39 is 131 Å². The number of urea groups is 1. The second-order valence-electron chi connectivity index (χ2n) is 28.9. The number of hydrogen-bond donors (Lipinski definition) is 11. The van der Waals surface area contributed by atoms with Crippen LogP contribution in [-0.2, 0) is 76.8 Å². The zero-order chi connectivity index (χ0) is 77.7. The molecule has 580 valence electrons. The van der Waals surface area contributed by atoms with Crippen LogP contribution in [0, 0.1) is 23.7 Å². The summed E-state index contributed by atoms with van der Waals surface area (Å²) < 4.78 is 23.0. The van der Waals surface area contributed by atoms with E-state index in [-0.39, 0.29) is 75.6 Å². The molecule has 105 heavy (non-hydrogen) atoms. The number of benzene rings is 2. The van der Waals surface area contributed by atoms with Gasteiger partial charge in [0.25, 0.3) is 0 Å². The van der Waals surface area contributed by atoms with Gasteiger partial charge in [-0.05, 0) is 127 Å². The molecule has 1 saturated heterocycles. The van der Waals surface area contributed by atoms with Crippen molar-refractivity contribution in [1.29, 1.82) is 0 Å². The van der Waals surface area contributed by atoms with Gasteiger partial charge >= 0.3 is 18.2 Å². The maximum Gasteiger partial charge on any atom is 0.408 e. The summed E-state index contributed by atoms with van der Waals surface area (Å²) >= 11 is 1.46. The normalized spacial score (nSPS) is 15.9. The quantitative estimate of drug-likeness (QED) is 0.0212. The van der Waals surface area contributed by atoms with Gasteiger partial charge in [-0.2, -0.15) is 0 Å². The summed E-state index contributed by atoms with van der Waals surface area (Å²) in [5.41, 5.74) is 5.31. The van der Waals surface area contributed by atoms with Gasteiger partial charge in [0.2, 0.25) is 47.3 Å². The van der Waals surface area contributed by atoms with Gasteiger partial charge in [0, 0.05) is 70.1 Å². The Morgan fingerprint density at radius 2 is 1.41 bits per heavy atom. The second-order valence-corrected chi connectivity index (χ2v) is 29.9. The molecule has 11 atom stereocenters. The van der Waals surface area contributed by atoms with E-state index >= 15 is 0 Å². The summed E-state index contributed by atoms with van der Waals surface area (Å²) in [4.78, 5) is 165. The summed E-state index contributed by atoms with van der Waals surface area (Å²) in [6.45, 7) is 21.3. The van der Waals surface area contributed by atoms with Crippen LogP contribution in [0.5, 0.6) is 0 Å². The first-order chi connectivity index (χ1) is 49.7. The molecule has 2 aromatic heterocycles. The lowest BCUT2D eigenvalue weighted by atomic mass is 9.89. The van der Waals surface area contributed by atoms with Crippen LogP contribution < -0.4 is 53.6 Å². The van der Waals surface area contributed by atoms with Crippen molar-refractivity contribution in [2.45, 2.75) is 226 Å². The molecule has 5 rings (SSSR count). The summed E-state index contributed by atoms with van der Waals surface area (Å²) in [7, 11) is 4.68. The molecule has 0 bridgehead atoms. The van der Waals surface area contributed by atoms with Crippen LogP contribution in [0.15, 0.2) is 78.7 Å². The SMILES string of the molecule is CC[C@H](C)[C@@H]([C@@H](CC(=O)N1CCC[C@H]1[C@H](OC)[C@@H](C)C(=O)N[C@@H](Cc1ccccc1)c1nccs1)OC)N(C)C(=O)[C@@H](NC(=O)C(C)(C)NC(=O)OCc1ccc(NC(=O)[C@H](CCCNC(N)=O)NC(=O)[C@@H](NC(=O)[C@H](CCCCNC(=O)OC(C)(C)C)NC(=O)Cc2cnc[nH]2)C(C)C)cc1)C(C)C. The number of carbonyl (C=O) groups excluding carboxylic acids is 11. The Labute approximate surface area is 620 Å². The number of anilines is 1. The number of methoxy groups -OCH3 is 2. The van der Waals surface area contributed by atoms with Gasteiger partial charge < -0.3 is 87.3 Å². The van der Waals surface area contributed by atoms with Crippen LogP contribution in [0.25, 0.3) is 0 Å². The van der Waals surface area contributed by atoms with Crippen molar-refractivity contribution in [2.24, 2.45) is 29.4 Å². The average Bonchev–Trinajstić information content (AvgIpc) is 1.80. The van der Waals surface area contributed by atoms with Crippen molar-refractivity contribution < 1.29 is 71.7 Å². The van der Waals surface area contributed by atoms with Gasteiger partial charge in [-0.1, -0.05) is 97.4 Å². The standard InChI is InChI=1S/C74H113N15O15S/c1-16-46(6)61(56(101-14)40-58(91)89-36-23-28-55(89)62(102-15)47(7)63(92)84-54(67-77-35-37-105-67)38-48-24-18-17-19-25-48)88(13)68(96)60(45(4)5)86-69(97)74(11,12)87-72(100)103-42-49-29-31-50(32-30-49)81-64(93)53(27-22-34-78-70(75)98)83-66(95)59(44(2)3)85-65(94)52(82-57(90)39-51-41-76-43-80-51)26-20-21-33-79-71(99)104-73(8,9)10/h17-19,24-25,29-32,35,37,41,43-47,52-56,59-62H,16,20-23,26-28,33-34,36,38-40,42H2,1-15H3,(H,76,80)(H,79,99)(H,81,93)(H,82,90)(H,83,95)(H,84,92)(H,85,94)(H,86,97)(H,87,100)(H3,75,78,98)/t46-,47+,52-,53-,54-,55-,56+,59-,60-,61-,62+/m0/s1. The molecule has 1 fully saturated rings. The number of primary amides is 1. The highest BCUT2D eigenvalue weighted by atomic mass is 32.1. The third-order valence-electron chi connectivity index (χ3n) is 18.4. The fourth-order valence-corrected chi connectivity index (χ4v) is 13.1. The number of aromatic nitrogens is 3. The number of carbonyl (C=O) groups is 11. The molecule has 0 saturated carbocycles. The van der Waals surface area contributed by atoms with E-state index in [1.807, 2.05) is 56.5 Å². The smallest absolute Gasteiger partial charge is 0.408 e. The molecule has 30 nitrogen and oxygen atoms in total. The third-order valence-corrected chi connectivity index (χ3v) is 19.3. The Hall–Kier alpha value is -9.23. The fraction of sp³-hybridized carbons (Fsp3) is 0.608. The highest BCUT2D eigenvalue weighted by molar-refractivity contribution is 7.09. The van der Waals surface area contributed by atoms with Gasteiger partial charge in [-0.15, -0.1) is 11.3 Å². The number of nitrogens with zero attached hydrogens (tertiary/aromatic N) is 4. The first-order valence-corrected chi connectivity index (χ1v) is 36.9. The lowest BCUT2D eigenvalue weighted by Gasteiger charge is -2.41. The Morgan fingerprint density at radius 1 is 0.743 bits per heavy atom. The molecular formula is C74H113N15O15S. The first kappa shape index (κ1) is 86.4. The van der Waals surface area contributed by atoms with Crippen molar-refractivity contribution in [3.8, 4) is 0 Å². The number of thiazole rings is 1. The van der Waals surface area contributed by atoms with Crippen LogP contribution in [0.4, 0.5) is 20.1 Å². The van der Waals surface area contributed by atoms with Gasteiger partial charge in [-0.3, -0.25) is 38.4 Å².